The number of rotatable bonds is 3. The first-order valence-electron chi connectivity index (χ1n) is 7.67. The molecular formula is C17H21N3O2. The molecule has 1 amide bonds. The van der Waals surface area contributed by atoms with Crippen molar-refractivity contribution in [3.8, 4) is 11.5 Å². The SMILES string of the molecule is Cc1oc(-c2ccccc2)nc1CC(=O)N1CCNC[C@H]1C. The monoisotopic (exact) mass is 299 g/mol. The molecule has 116 valence electrons. The predicted octanol–water partition coefficient (Wildman–Crippen LogP) is 2.01. The van der Waals surface area contributed by atoms with Crippen LogP contribution in [0.25, 0.3) is 11.5 Å². The van der Waals surface area contributed by atoms with Gasteiger partial charge in [0.1, 0.15) is 5.76 Å². The molecule has 0 aliphatic carbocycles. The molecule has 1 aliphatic heterocycles. The third kappa shape index (κ3) is 3.04. The number of hydrogen-bond donors (Lipinski definition) is 1. The zero-order chi connectivity index (χ0) is 15.5. The lowest BCUT2D eigenvalue weighted by Gasteiger charge is -2.33. The standard InChI is InChI=1S/C17H21N3O2/c1-12-11-18-8-9-20(12)16(21)10-15-13(2)22-17(19-15)14-6-4-3-5-7-14/h3-7,12,18H,8-11H2,1-2H3/t12-/m1/s1. The third-order valence-corrected chi connectivity index (χ3v) is 4.05. The molecule has 3 rings (SSSR count). The number of carbonyl (C=O) groups excluding carboxylic acids is 1. The van der Waals surface area contributed by atoms with Crippen LogP contribution in [0.3, 0.4) is 0 Å². The maximum Gasteiger partial charge on any atom is 0.229 e. The van der Waals surface area contributed by atoms with Gasteiger partial charge in [0, 0.05) is 31.2 Å². The molecule has 2 aromatic rings. The van der Waals surface area contributed by atoms with Crippen LogP contribution >= 0.6 is 0 Å². The summed E-state index contributed by atoms with van der Waals surface area (Å²) in [5.74, 6) is 1.41. The quantitative estimate of drug-likeness (QED) is 0.942. The van der Waals surface area contributed by atoms with Crippen LogP contribution in [0.2, 0.25) is 0 Å². The third-order valence-electron chi connectivity index (χ3n) is 4.05. The van der Waals surface area contributed by atoms with Crippen LogP contribution in [-0.2, 0) is 11.2 Å². The van der Waals surface area contributed by atoms with E-state index in [1.807, 2.05) is 42.2 Å². The van der Waals surface area contributed by atoms with Crippen LogP contribution in [-0.4, -0.2) is 41.5 Å². The summed E-state index contributed by atoms with van der Waals surface area (Å²) in [7, 11) is 0. The number of aryl methyl sites for hydroxylation is 1. The fourth-order valence-electron chi connectivity index (χ4n) is 2.75. The second-order valence-electron chi connectivity index (χ2n) is 5.70. The zero-order valence-corrected chi connectivity index (χ0v) is 13.0. The van der Waals surface area contributed by atoms with Crippen molar-refractivity contribution >= 4 is 5.91 Å². The lowest BCUT2D eigenvalue weighted by atomic mass is 10.1. The molecule has 0 spiro atoms. The fraction of sp³-hybridized carbons (Fsp3) is 0.412. The maximum atomic E-state index is 12.5. The molecule has 0 unspecified atom stereocenters. The van der Waals surface area contributed by atoms with Crippen molar-refractivity contribution in [1.29, 1.82) is 0 Å². The molecule has 0 saturated carbocycles. The van der Waals surface area contributed by atoms with Gasteiger partial charge in [0.2, 0.25) is 11.8 Å². The van der Waals surface area contributed by atoms with Crippen LogP contribution in [0.5, 0.6) is 0 Å². The molecule has 5 heteroatoms. The van der Waals surface area contributed by atoms with Crippen LogP contribution in [0.1, 0.15) is 18.4 Å². The van der Waals surface area contributed by atoms with Gasteiger partial charge >= 0.3 is 0 Å². The Balaban J connectivity index is 1.75. The van der Waals surface area contributed by atoms with Gasteiger partial charge in [0.25, 0.3) is 0 Å². The Kier molecular flexibility index (Phi) is 4.24. The van der Waals surface area contributed by atoms with Gasteiger partial charge in [-0.25, -0.2) is 4.98 Å². The van der Waals surface area contributed by atoms with E-state index >= 15 is 0 Å². The number of piperazine rings is 1. The van der Waals surface area contributed by atoms with Crippen molar-refractivity contribution in [2.75, 3.05) is 19.6 Å². The van der Waals surface area contributed by atoms with Gasteiger partial charge < -0.3 is 14.6 Å². The van der Waals surface area contributed by atoms with Crippen LogP contribution in [0.15, 0.2) is 34.7 Å². The Morgan fingerprint density at radius 3 is 2.91 bits per heavy atom. The minimum absolute atomic E-state index is 0.116. The Morgan fingerprint density at radius 1 is 1.41 bits per heavy atom. The minimum Gasteiger partial charge on any atom is -0.441 e. The molecule has 1 saturated heterocycles. The molecule has 1 atom stereocenters. The zero-order valence-electron chi connectivity index (χ0n) is 13.0. The molecule has 5 nitrogen and oxygen atoms in total. The van der Waals surface area contributed by atoms with Crippen LogP contribution < -0.4 is 5.32 Å². The number of amides is 1. The van der Waals surface area contributed by atoms with E-state index in [1.165, 1.54) is 0 Å². The first kappa shape index (κ1) is 14.8. The molecule has 1 aliphatic rings. The van der Waals surface area contributed by atoms with Gasteiger partial charge in [-0.15, -0.1) is 0 Å². The van der Waals surface area contributed by atoms with Crippen molar-refractivity contribution in [3.05, 3.63) is 41.8 Å². The van der Waals surface area contributed by atoms with E-state index in [4.69, 9.17) is 4.42 Å². The number of benzene rings is 1. The van der Waals surface area contributed by atoms with E-state index < -0.39 is 0 Å². The van der Waals surface area contributed by atoms with Crippen molar-refractivity contribution in [1.82, 2.24) is 15.2 Å². The molecule has 0 bridgehead atoms. The highest BCUT2D eigenvalue weighted by Gasteiger charge is 2.24. The summed E-state index contributed by atoms with van der Waals surface area (Å²) in [6.07, 6.45) is 0.298. The Bertz CT molecular complexity index is 651. The van der Waals surface area contributed by atoms with E-state index in [0.29, 0.717) is 12.3 Å². The Labute approximate surface area is 130 Å². The highest BCUT2D eigenvalue weighted by atomic mass is 16.4. The first-order valence-corrected chi connectivity index (χ1v) is 7.67. The second kappa shape index (κ2) is 6.32. The summed E-state index contributed by atoms with van der Waals surface area (Å²) in [6, 6.07) is 9.98. The number of nitrogens with one attached hydrogen (secondary N) is 1. The lowest BCUT2D eigenvalue weighted by Crippen LogP contribution is -2.52. The summed E-state index contributed by atoms with van der Waals surface area (Å²) < 4.78 is 5.72. The van der Waals surface area contributed by atoms with Gasteiger partial charge in [-0.05, 0) is 26.0 Å². The second-order valence-corrected chi connectivity index (χ2v) is 5.70. The summed E-state index contributed by atoms with van der Waals surface area (Å²) in [5, 5.41) is 3.29. The number of hydrogen-bond acceptors (Lipinski definition) is 4. The normalized spacial score (nSPS) is 18.5. The van der Waals surface area contributed by atoms with E-state index in [9.17, 15) is 4.79 Å². The average molecular weight is 299 g/mol. The van der Waals surface area contributed by atoms with Gasteiger partial charge in [0.15, 0.2) is 0 Å². The van der Waals surface area contributed by atoms with Crippen LogP contribution in [0, 0.1) is 6.92 Å². The summed E-state index contributed by atoms with van der Waals surface area (Å²) in [5.41, 5.74) is 1.66. The summed E-state index contributed by atoms with van der Waals surface area (Å²) in [4.78, 5) is 18.9. The average Bonchev–Trinajstić information content (AvgIpc) is 2.89. The molecule has 1 aromatic heterocycles. The molecule has 1 fully saturated rings. The smallest absolute Gasteiger partial charge is 0.229 e. The topological polar surface area (TPSA) is 58.4 Å². The van der Waals surface area contributed by atoms with Crippen molar-refractivity contribution in [3.63, 3.8) is 0 Å². The summed E-state index contributed by atoms with van der Waals surface area (Å²) >= 11 is 0. The van der Waals surface area contributed by atoms with E-state index in [1.54, 1.807) is 0 Å². The molecule has 2 heterocycles. The number of oxazole rings is 1. The molecular weight excluding hydrogens is 278 g/mol. The van der Waals surface area contributed by atoms with Gasteiger partial charge in [-0.3, -0.25) is 4.79 Å². The van der Waals surface area contributed by atoms with Crippen LogP contribution in [0.4, 0.5) is 0 Å². The highest BCUT2D eigenvalue weighted by Crippen LogP contribution is 2.22. The Hall–Kier alpha value is -2.14. The van der Waals surface area contributed by atoms with Gasteiger partial charge in [0.05, 0.1) is 12.1 Å². The first-order chi connectivity index (χ1) is 10.6. The Morgan fingerprint density at radius 2 is 2.18 bits per heavy atom. The number of aromatic nitrogens is 1. The van der Waals surface area contributed by atoms with E-state index in [0.717, 1.165) is 36.7 Å². The number of nitrogens with zero attached hydrogens (tertiary/aromatic N) is 2. The predicted molar refractivity (Wildman–Crippen MR) is 84.4 cm³/mol. The lowest BCUT2D eigenvalue weighted by molar-refractivity contribution is -0.133. The van der Waals surface area contributed by atoms with E-state index in [2.05, 4.69) is 17.2 Å². The summed E-state index contributed by atoms with van der Waals surface area (Å²) in [6.45, 7) is 6.38. The fourth-order valence-corrected chi connectivity index (χ4v) is 2.75. The van der Waals surface area contributed by atoms with Crippen molar-refractivity contribution in [2.24, 2.45) is 0 Å². The van der Waals surface area contributed by atoms with Gasteiger partial charge in [-0.1, -0.05) is 18.2 Å². The highest BCUT2D eigenvalue weighted by molar-refractivity contribution is 5.79. The number of carbonyl (C=O) groups is 1. The maximum absolute atomic E-state index is 12.5. The van der Waals surface area contributed by atoms with Crippen molar-refractivity contribution < 1.29 is 9.21 Å². The molecule has 22 heavy (non-hydrogen) atoms. The molecule has 0 radical (unpaired) electrons. The van der Waals surface area contributed by atoms with E-state index in [-0.39, 0.29) is 11.9 Å². The van der Waals surface area contributed by atoms with Gasteiger partial charge in [-0.2, -0.15) is 0 Å². The molecule has 1 aromatic carbocycles. The largest absolute Gasteiger partial charge is 0.441 e. The molecule has 1 N–H and O–H groups in total. The minimum atomic E-state index is 0.116. The van der Waals surface area contributed by atoms with Crippen molar-refractivity contribution in [2.45, 2.75) is 26.3 Å².